The number of rotatable bonds is 4. The second-order valence-corrected chi connectivity index (χ2v) is 5.06. The number of hydrogen-bond donors (Lipinski definition) is 1. The van der Waals surface area contributed by atoms with Crippen LogP contribution in [0.15, 0.2) is 60.8 Å². The minimum Gasteiger partial charge on any atom is -0.352 e. The predicted octanol–water partition coefficient (Wildman–Crippen LogP) is 3.44. The van der Waals surface area contributed by atoms with Gasteiger partial charge in [-0.05, 0) is 36.8 Å². The van der Waals surface area contributed by atoms with Crippen LogP contribution in [0.3, 0.4) is 0 Å². The van der Waals surface area contributed by atoms with Crippen molar-refractivity contribution in [2.75, 3.05) is 6.54 Å². The molecule has 2 aromatic carbocycles. The maximum atomic E-state index is 11.9. The van der Waals surface area contributed by atoms with E-state index in [0.29, 0.717) is 12.1 Å². The molecule has 0 aliphatic carbocycles. The molecule has 1 N–H and O–H groups in total. The van der Waals surface area contributed by atoms with Crippen molar-refractivity contribution in [2.24, 2.45) is 0 Å². The fourth-order valence-corrected chi connectivity index (χ4v) is 2.52. The Kier molecular flexibility index (Phi) is 3.73. The van der Waals surface area contributed by atoms with E-state index >= 15 is 0 Å². The van der Waals surface area contributed by atoms with Crippen molar-refractivity contribution < 1.29 is 4.79 Å². The maximum Gasteiger partial charge on any atom is 0.251 e. The average Bonchev–Trinajstić information content (AvgIpc) is 2.91. The number of aromatic nitrogens is 1. The molecule has 0 bridgehead atoms. The lowest BCUT2D eigenvalue weighted by Gasteiger charge is -2.07. The third kappa shape index (κ3) is 2.82. The second kappa shape index (κ2) is 5.83. The Morgan fingerprint density at radius 1 is 1.10 bits per heavy atom. The zero-order chi connectivity index (χ0) is 14.7. The highest BCUT2D eigenvalue weighted by molar-refractivity contribution is 5.98. The predicted molar refractivity (Wildman–Crippen MR) is 85.5 cm³/mol. The van der Waals surface area contributed by atoms with Gasteiger partial charge in [-0.25, -0.2) is 0 Å². The van der Waals surface area contributed by atoms with Crippen LogP contribution >= 0.6 is 0 Å². The minimum atomic E-state index is -0.0183. The molecule has 0 radical (unpaired) electrons. The van der Waals surface area contributed by atoms with Gasteiger partial charge in [0, 0.05) is 35.8 Å². The van der Waals surface area contributed by atoms with Gasteiger partial charge in [0.1, 0.15) is 0 Å². The van der Waals surface area contributed by atoms with Crippen LogP contribution in [0, 0.1) is 0 Å². The second-order valence-electron chi connectivity index (χ2n) is 5.06. The Labute approximate surface area is 124 Å². The van der Waals surface area contributed by atoms with E-state index in [1.165, 1.54) is 5.56 Å². The van der Waals surface area contributed by atoms with Gasteiger partial charge in [-0.15, -0.1) is 0 Å². The molecule has 21 heavy (non-hydrogen) atoms. The highest BCUT2D eigenvalue weighted by atomic mass is 16.1. The summed E-state index contributed by atoms with van der Waals surface area (Å²) in [6.45, 7) is 3.41. The van der Waals surface area contributed by atoms with E-state index in [4.69, 9.17) is 0 Å². The van der Waals surface area contributed by atoms with E-state index in [9.17, 15) is 4.79 Å². The van der Waals surface area contributed by atoms with Gasteiger partial charge in [0.15, 0.2) is 0 Å². The normalized spacial score (nSPS) is 10.7. The molecular weight excluding hydrogens is 260 g/mol. The van der Waals surface area contributed by atoms with Gasteiger partial charge in [0.2, 0.25) is 0 Å². The molecule has 3 aromatic rings. The Bertz CT molecular complexity index is 759. The van der Waals surface area contributed by atoms with Gasteiger partial charge >= 0.3 is 0 Å². The fourth-order valence-electron chi connectivity index (χ4n) is 2.52. The van der Waals surface area contributed by atoms with Crippen molar-refractivity contribution in [3.8, 4) is 0 Å². The Balaban J connectivity index is 1.91. The van der Waals surface area contributed by atoms with E-state index in [0.717, 1.165) is 17.4 Å². The first-order valence-corrected chi connectivity index (χ1v) is 7.19. The third-order valence-corrected chi connectivity index (χ3v) is 3.57. The van der Waals surface area contributed by atoms with Crippen molar-refractivity contribution in [1.82, 2.24) is 9.88 Å². The standard InChI is InChI=1S/C18H18N2O/c1-2-19-18(21)16-8-9-17-15(12-16)10-11-20(17)13-14-6-4-3-5-7-14/h3-12H,2,13H2,1H3,(H,19,21). The molecule has 0 saturated heterocycles. The van der Waals surface area contributed by atoms with Crippen molar-refractivity contribution in [2.45, 2.75) is 13.5 Å². The molecule has 3 nitrogen and oxygen atoms in total. The summed E-state index contributed by atoms with van der Waals surface area (Å²) >= 11 is 0. The van der Waals surface area contributed by atoms with Gasteiger partial charge in [-0.1, -0.05) is 30.3 Å². The number of carbonyl (C=O) groups excluding carboxylic acids is 1. The highest BCUT2D eigenvalue weighted by Gasteiger charge is 2.07. The molecule has 0 atom stereocenters. The molecule has 1 heterocycles. The summed E-state index contributed by atoms with van der Waals surface area (Å²) in [6.07, 6.45) is 2.07. The van der Waals surface area contributed by atoms with E-state index in [2.05, 4.69) is 34.3 Å². The van der Waals surface area contributed by atoms with Crippen LogP contribution < -0.4 is 5.32 Å². The molecule has 0 fully saturated rings. The van der Waals surface area contributed by atoms with Crippen LogP contribution in [0.5, 0.6) is 0 Å². The first-order valence-electron chi connectivity index (χ1n) is 7.19. The molecule has 0 unspecified atom stereocenters. The summed E-state index contributed by atoms with van der Waals surface area (Å²) in [6, 6.07) is 18.3. The monoisotopic (exact) mass is 278 g/mol. The largest absolute Gasteiger partial charge is 0.352 e. The number of benzene rings is 2. The molecular formula is C18H18N2O. The molecule has 0 saturated carbocycles. The quantitative estimate of drug-likeness (QED) is 0.779. The molecule has 1 aromatic heterocycles. The van der Waals surface area contributed by atoms with Crippen LogP contribution in [0.1, 0.15) is 22.8 Å². The molecule has 106 valence electrons. The Morgan fingerprint density at radius 3 is 2.67 bits per heavy atom. The lowest BCUT2D eigenvalue weighted by atomic mass is 10.1. The van der Waals surface area contributed by atoms with Crippen molar-refractivity contribution >= 4 is 16.8 Å². The minimum absolute atomic E-state index is 0.0183. The summed E-state index contributed by atoms with van der Waals surface area (Å²) < 4.78 is 2.20. The van der Waals surface area contributed by atoms with Crippen molar-refractivity contribution in [3.63, 3.8) is 0 Å². The van der Waals surface area contributed by atoms with Crippen LogP contribution in [0.25, 0.3) is 10.9 Å². The first kappa shape index (κ1) is 13.4. The highest BCUT2D eigenvalue weighted by Crippen LogP contribution is 2.19. The lowest BCUT2D eigenvalue weighted by molar-refractivity contribution is 0.0956. The Hall–Kier alpha value is -2.55. The number of amides is 1. The van der Waals surface area contributed by atoms with Gasteiger partial charge in [0.25, 0.3) is 5.91 Å². The summed E-state index contributed by atoms with van der Waals surface area (Å²) in [4.78, 5) is 11.9. The molecule has 1 amide bonds. The zero-order valence-electron chi connectivity index (χ0n) is 12.0. The van der Waals surface area contributed by atoms with Crippen molar-refractivity contribution in [1.29, 1.82) is 0 Å². The molecule has 3 heteroatoms. The third-order valence-electron chi connectivity index (χ3n) is 3.57. The van der Waals surface area contributed by atoms with Gasteiger partial charge in [0.05, 0.1) is 0 Å². The van der Waals surface area contributed by atoms with Crippen LogP contribution in [0.4, 0.5) is 0 Å². The number of nitrogens with one attached hydrogen (secondary N) is 1. The van der Waals surface area contributed by atoms with Gasteiger partial charge in [-0.2, -0.15) is 0 Å². The first-order chi connectivity index (χ1) is 10.3. The topological polar surface area (TPSA) is 34.0 Å². The van der Waals surface area contributed by atoms with Crippen LogP contribution in [0.2, 0.25) is 0 Å². The van der Waals surface area contributed by atoms with E-state index in [-0.39, 0.29) is 5.91 Å². The fraction of sp³-hybridized carbons (Fsp3) is 0.167. The van der Waals surface area contributed by atoms with E-state index < -0.39 is 0 Å². The number of carbonyl (C=O) groups is 1. The van der Waals surface area contributed by atoms with Gasteiger partial charge < -0.3 is 9.88 Å². The Morgan fingerprint density at radius 2 is 1.90 bits per heavy atom. The molecule has 3 rings (SSSR count). The summed E-state index contributed by atoms with van der Waals surface area (Å²) in [5.74, 6) is -0.0183. The molecule has 0 spiro atoms. The van der Waals surface area contributed by atoms with Crippen LogP contribution in [-0.2, 0) is 6.54 Å². The van der Waals surface area contributed by atoms with Crippen LogP contribution in [-0.4, -0.2) is 17.0 Å². The summed E-state index contributed by atoms with van der Waals surface area (Å²) in [5, 5.41) is 3.92. The number of hydrogen-bond acceptors (Lipinski definition) is 1. The SMILES string of the molecule is CCNC(=O)c1ccc2c(ccn2Cc2ccccc2)c1. The number of nitrogens with zero attached hydrogens (tertiary/aromatic N) is 1. The summed E-state index contributed by atoms with van der Waals surface area (Å²) in [7, 11) is 0. The maximum absolute atomic E-state index is 11.9. The molecule has 0 aliphatic rings. The lowest BCUT2D eigenvalue weighted by Crippen LogP contribution is -2.22. The summed E-state index contributed by atoms with van der Waals surface area (Å²) in [5.41, 5.74) is 3.12. The van der Waals surface area contributed by atoms with E-state index in [1.807, 2.05) is 43.3 Å². The number of fused-ring (bicyclic) bond motifs is 1. The van der Waals surface area contributed by atoms with E-state index in [1.54, 1.807) is 0 Å². The van der Waals surface area contributed by atoms with Gasteiger partial charge in [-0.3, -0.25) is 4.79 Å². The van der Waals surface area contributed by atoms with Crippen molar-refractivity contribution in [3.05, 3.63) is 71.9 Å². The molecule has 0 aliphatic heterocycles. The zero-order valence-corrected chi connectivity index (χ0v) is 12.0. The smallest absolute Gasteiger partial charge is 0.251 e. The average molecular weight is 278 g/mol.